The maximum absolute atomic E-state index is 13.7. The molecule has 2 aliphatic rings. The zero-order chi connectivity index (χ0) is 17.2. The minimum atomic E-state index is -1.07. The van der Waals surface area contributed by atoms with Crippen LogP contribution in [0.2, 0.25) is 0 Å². The molecule has 0 spiro atoms. The first-order chi connectivity index (χ1) is 11.5. The Morgan fingerprint density at radius 2 is 2.21 bits per heavy atom. The molecule has 2 saturated heterocycles. The SMILES string of the molecule is CC(C)OC[C@@]12CCCN1[C@H](COc1ncccc1C(C)F)CC2. The number of ether oxygens (including phenoxy) is 2. The van der Waals surface area contributed by atoms with Crippen molar-refractivity contribution in [1.82, 2.24) is 9.88 Å². The number of rotatable bonds is 7. The van der Waals surface area contributed by atoms with Crippen molar-refractivity contribution in [2.75, 3.05) is 19.8 Å². The highest BCUT2D eigenvalue weighted by molar-refractivity contribution is 5.27. The maximum atomic E-state index is 13.7. The molecule has 134 valence electrons. The van der Waals surface area contributed by atoms with Crippen LogP contribution in [0.1, 0.15) is 58.2 Å². The van der Waals surface area contributed by atoms with Gasteiger partial charge in [-0.05, 0) is 65.1 Å². The summed E-state index contributed by atoms with van der Waals surface area (Å²) >= 11 is 0. The molecule has 3 rings (SSSR count). The Bertz CT molecular complexity index is 552. The molecule has 0 saturated carbocycles. The summed E-state index contributed by atoms with van der Waals surface area (Å²) in [7, 11) is 0. The van der Waals surface area contributed by atoms with E-state index in [9.17, 15) is 4.39 Å². The molecule has 4 nitrogen and oxygen atoms in total. The highest BCUT2D eigenvalue weighted by Crippen LogP contribution is 2.43. The molecule has 0 amide bonds. The summed E-state index contributed by atoms with van der Waals surface area (Å²) in [5, 5.41) is 0. The smallest absolute Gasteiger partial charge is 0.219 e. The van der Waals surface area contributed by atoms with E-state index < -0.39 is 6.17 Å². The van der Waals surface area contributed by atoms with Crippen molar-refractivity contribution in [2.24, 2.45) is 0 Å². The third-order valence-corrected chi connectivity index (χ3v) is 5.36. The highest BCUT2D eigenvalue weighted by Gasteiger charge is 2.49. The number of nitrogens with zero attached hydrogens (tertiary/aromatic N) is 2. The van der Waals surface area contributed by atoms with Crippen molar-refractivity contribution >= 4 is 0 Å². The van der Waals surface area contributed by atoms with Crippen LogP contribution in [0.15, 0.2) is 18.3 Å². The van der Waals surface area contributed by atoms with Crippen LogP contribution in [0.25, 0.3) is 0 Å². The second kappa shape index (κ2) is 7.36. The van der Waals surface area contributed by atoms with Crippen LogP contribution in [0.5, 0.6) is 5.88 Å². The molecule has 0 N–H and O–H groups in total. The molecule has 0 radical (unpaired) electrons. The number of pyridine rings is 1. The summed E-state index contributed by atoms with van der Waals surface area (Å²) in [5.74, 6) is 0.433. The van der Waals surface area contributed by atoms with Crippen molar-refractivity contribution in [3.05, 3.63) is 23.9 Å². The van der Waals surface area contributed by atoms with Crippen molar-refractivity contribution in [3.63, 3.8) is 0 Å². The molecule has 0 bridgehead atoms. The normalized spacial score (nSPS) is 28.3. The van der Waals surface area contributed by atoms with Gasteiger partial charge in [0.05, 0.1) is 12.7 Å². The standard InChI is InChI=1S/C19H29FN2O2/c1-14(2)24-13-19-8-5-11-22(19)16(7-9-19)12-23-18-17(15(3)20)6-4-10-21-18/h4,6,10,14-16H,5,7-9,11-13H2,1-3H3/t15?,16-,19-/m0/s1. The summed E-state index contributed by atoms with van der Waals surface area (Å²) in [6.45, 7) is 8.17. The summed E-state index contributed by atoms with van der Waals surface area (Å²) in [6, 6.07) is 3.87. The average Bonchev–Trinajstić information content (AvgIpc) is 3.10. The first-order valence-corrected chi connectivity index (χ1v) is 9.12. The third kappa shape index (κ3) is 3.57. The molecule has 5 heteroatoms. The van der Waals surface area contributed by atoms with Crippen molar-refractivity contribution < 1.29 is 13.9 Å². The van der Waals surface area contributed by atoms with E-state index in [1.165, 1.54) is 19.8 Å². The molecular formula is C19H29FN2O2. The quantitative estimate of drug-likeness (QED) is 0.756. The van der Waals surface area contributed by atoms with E-state index in [-0.39, 0.29) is 11.6 Å². The van der Waals surface area contributed by atoms with E-state index in [0.717, 1.165) is 26.0 Å². The lowest BCUT2D eigenvalue weighted by molar-refractivity contribution is -0.00918. The van der Waals surface area contributed by atoms with Crippen LogP contribution >= 0.6 is 0 Å². The fourth-order valence-corrected chi connectivity index (χ4v) is 4.11. The summed E-state index contributed by atoms with van der Waals surface area (Å²) in [5.41, 5.74) is 0.713. The monoisotopic (exact) mass is 336 g/mol. The van der Waals surface area contributed by atoms with Crippen LogP contribution in [0.3, 0.4) is 0 Å². The van der Waals surface area contributed by atoms with Crippen LogP contribution in [0, 0.1) is 0 Å². The highest BCUT2D eigenvalue weighted by atomic mass is 19.1. The zero-order valence-corrected chi connectivity index (χ0v) is 15.0. The Kier molecular flexibility index (Phi) is 5.40. The van der Waals surface area contributed by atoms with Crippen LogP contribution < -0.4 is 4.74 Å². The predicted octanol–water partition coefficient (Wildman–Crippen LogP) is 3.91. The minimum absolute atomic E-state index is 0.179. The van der Waals surface area contributed by atoms with Crippen molar-refractivity contribution in [2.45, 2.75) is 70.3 Å². The maximum Gasteiger partial charge on any atom is 0.219 e. The van der Waals surface area contributed by atoms with Gasteiger partial charge in [0.2, 0.25) is 5.88 Å². The number of hydrogen-bond acceptors (Lipinski definition) is 4. The van der Waals surface area contributed by atoms with Gasteiger partial charge in [-0.2, -0.15) is 0 Å². The van der Waals surface area contributed by atoms with Gasteiger partial charge in [0, 0.05) is 23.3 Å². The van der Waals surface area contributed by atoms with Gasteiger partial charge in [0.25, 0.3) is 0 Å². The van der Waals surface area contributed by atoms with E-state index in [1.54, 1.807) is 18.3 Å². The fraction of sp³-hybridized carbons (Fsp3) is 0.737. The van der Waals surface area contributed by atoms with Crippen molar-refractivity contribution in [1.29, 1.82) is 0 Å². The summed E-state index contributed by atoms with van der Waals surface area (Å²) < 4.78 is 25.6. The number of hydrogen-bond donors (Lipinski definition) is 0. The average molecular weight is 336 g/mol. The van der Waals surface area contributed by atoms with Crippen molar-refractivity contribution in [3.8, 4) is 5.88 Å². The lowest BCUT2D eigenvalue weighted by Crippen LogP contribution is -2.47. The molecule has 3 heterocycles. The van der Waals surface area contributed by atoms with Gasteiger partial charge < -0.3 is 9.47 Å². The topological polar surface area (TPSA) is 34.6 Å². The predicted molar refractivity (Wildman–Crippen MR) is 92.0 cm³/mol. The molecule has 24 heavy (non-hydrogen) atoms. The third-order valence-electron chi connectivity index (χ3n) is 5.36. The minimum Gasteiger partial charge on any atom is -0.476 e. The van der Waals surface area contributed by atoms with E-state index >= 15 is 0 Å². The Labute approximate surface area is 144 Å². The fourth-order valence-electron chi connectivity index (χ4n) is 4.11. The number of aromatic nitrogens is 1. The lowest BCUT2D eigenvalue weighted by atomic mass is 9.95. The van der Waals surface area contributed by atoms with Gasteiger partial charge in [-0.25, -0.2) is 9.37 Å². The van der Waals surface area contributed by atoms with E-state index in [4.69, 9.17) is 9.47 Å². The second-order valence-electron chi connectivity index (χ2n) is 7.40. The van der Waals surface area contributed by atoms with E-state index in [2.05, 4.69) is 23.7 Å². The molecule has 3 atom stereocenters. The Morgan fingerprint density at radius 3 is 2.96 bits per heavy atom. The van der Waals surface area contributed by atoms with Gasteiger partial charge in [-0.1, -0.05) is 0 Å². The van der Waals surface area contributed by atoms with E-state index in [1.807, 2.05) is 0 Å². The second-order valence-corrected chi connectivity index (χ2v) is 7.40. The molecule has 1 aromatic heterocycles. The molecular weight excluding hydrogens is 307 g/mol. The van der Waals surface area contributed by atoms with Gasteiger partial charge in [-0.15, -0.1) is 0 Å². The Hall–Kier alpha value is -1.20. The number of alkyl halides is 1. The van der Waals surface area contributed by atoms with Gasteiger partial charge in [-0.3, -0.25) is 4.90 Å². The Balaban J connectivity index is 1.63. The van der Waals surface area contributed by atoms with Crippen LogP contribution in [0.4, 0.5) is 4.39 Å². The first kappa shape index (κ1) is 17.6. The van der Waals surface area contributed by atoms with E-state index in [0.29, 0.717) is 24.1 Å². The summed E-state index contributed by atoms with van der Waals surface area (Å²) in [6.07, 6.45) is 5.53. The molecule has 2 fully saturated rings. The van der Waals surface area contributed by atoms with Gasteiger partial charge >= 0.3 is 0 Å². The zero-order valence-electron chi connectivity index (χ0n) is 15.0. The Morgan fingerprint density at radius 1 is 1.38 bits per heavy atom. The summed E-state index contributed by atoms with van der Waals surface area (Å²) in [4.78, 5) is 6.78. The number of halogens is 1. The first-order valence-electron chi connectivity index (χ1n) is 9.12. The largest absolute Gasteiger partial charge is 0.476 e. The molecule has 0 aliphatic carbocycles. The van der Waals surface area contributed by atoms with Gasteiger partial charge in [0.1, 0.15) is 12.8 Å². The molecule has 1 aromatic rings. The lowest BCUT2D eigenvalue weighted by Gasteiger charge is -2.35. The van der Waals surface area contributed by atoms with Crippen LogP contribution in [-0.4, -0.2) is 47.3 Å². The molecule has 0 aromatic carbocycles. The molecule has 2 aliphatic heterocycles. The van der Waals surface area contributed by atoms with Crippen LogP contribution in [-0.2, 0) is 4.74 Å². The van der Waals surface area contributed by atoms with Gasteiger partial charge in [0.15, 0.2) is 0 Å². The number of fused-ring (bicyclic) bond motifs is 1. The molecule has 1 unspecified atom stereocenters.